The van der Waals surface area contributed by atoms with Gasteiger partial charge in [0.05, 0.1) is 51.8 Å². The van der Waals surface area contributed by atoms with Gasteiger partial charge in [-0.25, -0.2) is 4.79 Å². The summed E-state index contributed by atoms with van der Waals surface area (Å²) in [5.41, 5.74) is 0.237. The smallest absolute Gasteiger partial charge is 0.335 e. The number of benzene rings is 1. The van der Waals surface area contributed by atoms with Gasteiger partial charge in [-0.05, 0) is 49.9 Å². The minimum absolute atomic E-state index is 0.00120. The zero-order chi connectivity index (χ0) is 37.9. The third kappa shape index (κ3) is 28.9. The number of unbranched alkanes of at least 4 members (excludes halogenated alkanes) is 7. The van der Waals surface area contributed by atoms with Gasteiger partial charge in [-0.15, -0.1) is 0 Å². The number of nitrogens with one attached hydrogen (secondary N) is 4. The van der Waals surface area contributed by atoms with E-state index in [1.54, 1.807) is 12.1 Å². The van der Waals surface area contributed by atoms with Crippen molar-refractivity contribution in [3.8, 4) is 5.75 Å². The maximum Gasteiger partial charge on any atom is 0.335 e. The molecule has 52 heavy (non-hydrogen) atoms. The van der Waals surface area contributed by atoms with Gasteiger partial charge in [0.2, 0.25) is 23.6 Å². The number of amides is 4. The Hall–Kier alpha value is -3.79. The monoisotopic (exact) mass is 738 g/mol. The molecular formula is C37H62N4O11. The SMILES string of the molecule is CCCCCNC(=O)COCCOCCNC(=O)COCCOCCNC(=O)CCCNC(=O)CCCCCCCCOc1ccc(C(=O)O)cc1. The Labute approximate surface area is 308 Å². The van der Waals surface area contributed by atoms with E-state index in [0.717, 1.165) is 57.8 Å². The van der Waals surface area contributed by atoms with Crippen molar-refractivity contribution in [3.05, 3.63) is 29.8 Å². The van der Waals surface area contributed by atoms with Gasteiger partial charge in [-0.2, -0.15) is 0 Å². The summed E-state index contributed by atoms with van der Waals surface area (Å²) in [6, 6.07) is 6.38. The molecule has 1 aromatic carbocycles. The molecular weight excluding hydrogens is 676 g/mol. The fourth-order valence-corrected chi connectivity index (χ4v) is 4.63. The highest BCUT2D eigenvalue weighted by Gasteiger charge is 2.06. The molecule has 15 nitrogen and oxygen atoms in total. The molecule has 5 N–H and O–H groups in total. The van der Waals surface area contributed by atoms with Crippen LogP contribution in [0, 0.1) is 0 Å². The molecule has 0 saturated heterocycles. The van der Waals surface area contributed by atoms with Gasteiger partial charge in [0.1, 0.15) is 19.0 Å². The van der Waals surface area contributed by atoms with Gasteiger partial charge >= 0.3 is 5.97 Å². The van der Waals surface area contributed by atoms with E-state index in [9.17, 15) is 24.0 Å². The fraction of sp³-hybridized carbons (Fsp3) is 0.703. The highest BCUT2D eigenvalue weighted by Crippen LogP contribution is 2.13. The van der Waals surface area contributed by atoms with Crippen molar-refractivity contribution in [3.63, 3.8) is 0 Å². The molecule has 0 aliphatic rings. The van der Waals surface area contributed by atoms with Crippen LogP contribution in [0.3, 0.4) is 0 Å². The number of carboxylic acids is 1. The van der Waals surface area contributed by atoms with Crippen molar-refractivity contribution in [2.24, 2.45) is 0 Å². The maximum absolute atomic E-state index is 12.0. The second-order valence-corrected chi connectivity index (χ2v) is 12.1. The Bertz CT molecular complexity index is 1110. The van der Waals surface area contributed by atoms with Crippen LogP contribution >= 0.6 is 0 Å². The molecule has 0 unspecified atom stereocenters. The molecule has 0 radical (unpaired) electrons. The average molecular weight is 739 g/mol. The van der Waals surface area contributed by atoms with Crippen molar-refractivity contribution in [2.75, 3.05) is 85.6 Å². The Morgan fingerprint density at radius 2 is 0.981 bits per heavy atom. The van der Waals surface area contributed by atoms with Crippen LogP contribution in [0.15, 0.2) is 24.3 Å². The number of ether oxygens (including phenoxy) is 5. The topological polar surface area (TPSA) is 200 Å². The number of carbonyl (C=O) groups excluding carboxylic acids is 4. The third-order valence-electron chi connectivity index (χ3n) is 7.52. The number of hydrogen-bond acceptors (Lipinski definition) is 10. The van der Waals surface area contributed by atoms with Crippen molar-refractivity contribution in [2.45, 2.75) is 84.0 Å². The lowest BCUT2D eigenvalue weighted by atomic mass is 10.1. The lowest BCUT2D eigenvalue weighted by molar-refractivity contribution is -0.127. The molecule has 1 rings (SSSR count). The summed E-state index contributed by atoms with van der Waals surface area (Å²) in [6.45, 7) is 6.21. The number of carbonyl (C=O) groups is 5. The van der Waals surface area contributed by atoms with Crippen LogP contribution < -0.4 is 26.0 Å². The van der Waals surface area contributed by atoms with Gasteiger partial charge in [-0.1, -0.05) is 45.4 Å². The molecule has 0 saturated carbocycles. The third-order valence-corrected chi connectivity index (χ3v) is 7.52. The zero-order valence-electron chi connectivity index (χ0n) is 31.0. The first kappa shape index (κ1) is 46.2. The predicted molar refractivity (Wildman–Crippen MR) is 195 cm³/mol. The molecule has 0 atom stereocenters. The van der Waals surface area contributed by atoms with E-state index in [2.05, 4.69) is 28.2 Å². The minimum Gasteiger partial charge on any atom is -0.494 e. The first-order chi connectivity index (χ1) is 25.3. The van der Waals surface area contributed by atoms with E-state index < -0.39 is 5.97 Å². The van der Waals surface area contributed by atoms with E-state index in [4.69, 9.17) is 28.8 Å². The van der Waals surface area contributed by atoms with E-state index >= 15 is 0 Å². The standard InChI is InChI=1S/C37H62N4O11/c1-2-3-9-18-39-35(44)29-50-27-26-49-24-21-41-36(45)30-51-28-25-48-23-20-40-34(43)13-11-19-38-33(42)12-8-6-4-5-7-10-22-52-32-16-14-31(15-17-32)37(46)47/h14-17H,2-13,18-30H2,1H3,(H,38,42)(H,39,44)(H,40,43)(H,41,45)(H,46,47). The number of rotatable bonds is 35. The molecule has 0 aliphatic heterocycles. The summed E-state index contributed by atoms with van der Waals surface area (Å²) in [6.07, 6.45) is 10.4. The second-order valence-electron chi connectivity index (χ2n) is 12.1. The van der Waals surface area contributed by atoms with Gasteiger partial charge < -0.3 is 50.1 Å². The summed E-state index contributed by atoms with van der Waals surface area (Å²) in [7, 11) is 0. The molecule has 0 heterocycles. The highest BCUT2D eigenvalue weighted by molar-refractivity contribution is 5.87. The van der Waals surface area contributed by atoms with Gasteiger partial charge in [0, 0.05) is 39.0 Å². The first-order valence-corrected chi connectivity index (χ1v) is 18.7. The molecule has 1 aromatic rings. The molecule has 296 valence electrons. The van der Waals surface area contributed by atoms with Crippen LogP contribution in [0.5, 0.6) is 5.75 Å². The van der Waals surface area contributed by atoms with Gasteiger partial charge in [-0.3, -0.25) is 19.2 Å². The summed E-state index contributed by atoms with van der Waals surface area (Å²) in [5.74, 6) is -0.799. The fourth-order valence-electron chi connectivity index (χ4n) is 4.63. The normalized spacial score (nSPS) is 10.8. The van der Waals surface area contributed by atoms with E-state index in [1.165, 1.54) is 12.1 Å². The Morgan fingerprint density at radius 3 is 1.58 bits per heavy atom. The number of carboxylic acid groups (broad SMARTS) is 1. The second kappa shape index (κ2) is 33.1. The summed E-state index contributed by atoms with van der Waals surface area (Å²) in [4.78, 5) is 58.3. The van der Waals surface area contributed by atoms with Crippen LogP contribution in [0.1, 0.15) is 94.3 Å². The largest absolute Gasteiger partial charge is 0.494 e. The molecule has 0 aliphatic carbocycles. The molecule has 0 fully saturated rings. The Balaban J connectivity index is 1.80. The maximum atomic E-state index is 12.0. The quantitative estimate of drug-likeness (QED) is 0.0642. The lowest BCUT2D eigenvalue weighted by Gasteiger charge is -2.09. The minimum atomic E-state index is -0.956. The van der Waals surface area contributed by atoms with E-state index in [-0.39, 0.29) is 55.6 Å². The number of hydrogen-bond donors (Lipinski definition) is 5. The van der Waals surface area contributed by atoms with Crippen LogP contribution in [0.4, 0.5) is 0 Å². The summed E-state index contributed by atoms with van der Waals surface area (Å²) in [5, 5.41) is 20.0. The first-order valence-electron chi connectivity index (χ1n) is 18.7. The van der Waals surface area contributed by atoms with Crippen LogP contribution in [0.2, 0.25) is 0 Å². The lowest BCUT2D eigenvalue weighted by Crippen LogP contribution is -2.32. The van der Waals surface area contributed by atoms with Crippen molar-refractivity contribution >= 4 is 29.6 Å². The van der Waals surface area contributed by atoms with E-state index in [1.807, 2.05) is 0 Å². The predicted octanol–water partition coefficient (Wildman–Crippen LogP) is 3.00. The molecule has 15 heteroatoms. The Morgan fingerprint density at radius 1 is 0.500 bits per heavy atom. The zero-order valence-corrected chi connectivity index (χ0v) is 31.0. The van der Waals surface area contributed by atoms with Crippen LogP contribution in [0.25, 0.3) is 0 Å². The van der Waals surface area contributed by atoms with Gasteiger partial charge in [0.15, 0.2) is 0 Å². The number of aromatic carboxylic acids is 1. The van der Waals surface area contributed by atoms with Crippen molar-refractivity contribution < 1.29 is 52.8 Å². The molecule has 0 aromatic heterocycles. The molecule has 4 amide bonds. The highest BCUT2D eigenvalue weighted by atomic mass is 16.5. The van der Waals surface area contributed by atoms with Crippen LogP contribution in [-0.2, 0) is 38.1 Å². The summed E-state index contributed by atoms with van der Waals surface area (Å²) >= 11 is 0. The molecule has 0 spiro atoms. The average Bonchev–Trinajstić information content (AvgIpc) is 3.13. The summed E-state index contributed by atoms with van der Waals surface area (Å²) < 4.78 is 27.0. The van der Waals surface area contributed by atoms with Crippen molar-refractivity contribution in [1.82, 2.24) is 21.3 Å². The van der Waals surface area contributed by atoms with E-state index in [0.29, 0.717) is 84.2 Å². The molecule has 0 bridgehead atoms. The Kier molecular flexibility index (Phi) is 29.4. The van der Waals surface area contributed by atoms with Gasteiger partial charge in [0.25, 0.3) is 0 Å². The van der Waals surface area contributed by atoms with Crippen LogP contribution in [-0.4, -0.2) is 120 Å². The van der Waals surface area contributed by atoms with Crippen molar-refractivity contribution in [1.29, 1.82) is 0 Å².